The molecule has 4 atom stereocenters. The molecule has 0 aromatic rings. The van der Waals surface area contributed by atoms with E-state index in [9.17, 15) is 5.11 Å². The van der Waals surface area contributed by atoms with Crippen molar-refractivity contribution in [3.8, 4) is 0 Å². The lowest BCUT2D eigenvalue weighted by Crippen LogP contribution is -2.22. The van der Waals surface area contributed by atoms with E-state index in [0.29, 0.717) is 11.8 Å². The predicted molar refractivity (Wildman–Crippen MR) is 56.8 cm³/mol. The lowest BCUT2D eigenvalue weighted by molar-refractivity contribution is 0.117. The van der Waals surface area contributed by atoms with Crippen LogP contribution in [0, 0.1) is 23.7 Å². The number of hydrogen-bond acceptors (Lipinski definition) is 1. The number of aliphatic hydroxyl groups is 1. The Balaban J connectivity index is 1.83. The summed E-state index contributed by atoms with van der Waals surface area (Å²) in [5.41, 5.74) is 0. The van der Waals surface area contributed by atoms with Gasteiger partial charge in [0.15, 0.2) is 0 Å². The predicted octanol–water partition coefficient (Wildman–Crippen LogP) is 2.75. The Hall–Kier alpha value is -0.300. The smallest absolute Gasteiger partial charge is 0.0602 e. The molecule has 3 aliphatic carbocycles. The maximum Gasteiger partial charge on any atom is 0.0602 e. The quantitative estimate of drug-likeness (QED) is 0.585. The molecule has 0 aliphatic heterocycles. The second-order valence-electron chi connectivity index (χ2n) is 5.35. The summed E-state index contributed by atoms with van der Waals surface area (Å²) in [6.07, 6.45) is 12.5. The van der Waals surface area contributed by atoms with E-state index in [1.165, 1.54) is 38.5 Å². The molecule has 14 heavy (non-hydrogen) atoms. The number of fused-ring (bicyclic) bond motifs is 5. The first-order valence-electron chi connectivity index (χ1n) is 6.21. The molecular weight excluding hydrogens is 172 g/mol. The van der Waals surface area contributed by atoms with E-state index in [1.54, 1.807) is 0 Å². The first kappa shape index (κ1) is 8.96. The van der Waals surface area contributed by atoms with Crippen LogP contribution in [0.15, 0.2) is 12.2 Å². The second kappa shape index (κ2) is 3.37. The minimum absolute atomic E-state index is 0.0584. The molecule has 3 rings (SSSR count). The lowest BCUT2D eigenvalue weighted by atomic mass is 9.74. The van der Waals surface area contributed by atoms with Crippen molar-refractivity contribution in [2.45, 2.75) is 44.6 Å². The summed E-state index contributed by atoms with van der Waals surface area (Å²) in [4.78, 5) is 0. The zero-order valence-electron chi connectivity index (χ0n) is 8.73. The maximum absolute atomic E-state index is 10.1. The highest BCUT2D eigenvalue weighted by Crippen LogP contribution is 2.55. The summed E-state index contributed by atoms with van der Waals surface area (Å²) in [5, 5.41) is 10.1. The van der Waals surface area contributed by atoms with Gasteiger partial charge in [-0.2, -0.15) is 0 Å². The SMILES string of the molecule is OC1C2CCC1C1CC/C=C\CCC21. The Bertz CT molecular complexity index is 222. The molecule has 2 fully saturated rings. The first-order valence-corrected chi connectivity index (χ1v) is 6.21. The molecule has 4 unspecified atom stereocenters. The summed E-state index contributed by atoms with van der Waals surface area (Å²) in [5.74, 6) is 3.04. The molecule has 2 saturated carbocycles. The van der Waals surface area contributed by atoms with Crippen molar-refractivity contribution in [1.82, 2.24) is 0 Å². The average molecular weight is 192 g/mol. The van der Waals surface area contributed by atoms with Crippen LogP contribution in [0.2, 0.25) is 0 Å². The van der Waals surface area contributed by atoms with Crippen molar-refractivity contribution in [2.75, 3.05) is 0 Å². The molecule has 0 amide bonds. The van der Waals surface area contributed by atoms with Crippen LogP contribution in [0.1, 0.15) is 38.5 Å². The Kier molecular flexibility index (Phi) is 2.16. The monoisotopic (exact) mass is 192 g/mol. The van der Waals surface area contributed by atoms with Crippen molar-refractivity contribution in [3.63, 3.8) is 0 Å². The van der Waals surface area contributed by atoms with Crippen molar-refractivity contribution < 1.29 is 5.11 Å². The van der Waals surface area contributed by atoms with Crippen LogP contribution in [0.5, 0.6) is 0 Å². The van der Waals surface area contributed by atoms with E-state index < -0.39 is 0 Å². The molecule has 0 heterocycles. The molecule has 0 radical (unpaired) electrons. The van der Waals surface area contributed by atoms with E-state index >= 15 is 0 Å². The van der Waals surface area contributed by atoms with E-state index in [0.717, 1.165) is 11.8 Å². The molecule has 1 N–H and O–H groups in total. The highest BCUT2D eigenvalue weighted by atomic mass is 16.3. The van der Waals surface area contributed by atoms with Gasteiger partial charge in [0.05, 0.1) is 6.10 Å². The van der Waals surface area contributed by atoms with Crippen LogP contribution in [0.3, 0.4) is 0 Å². The van der Waals surface area contributed by atoms with Crippen LogP contribution < -0.4 is 0 Å². The molecular formula is C13H20O. The van der Waals surface area contributed by atoms with Gasteiger partial charge in [0.1, 0.15) is 0 Å². The lowest BCUT2D eigenvalue weighted by Gasteiger charge is -2.31. The topological polar surface area (TPSA) is 20.2 Å². The van der Waals surface area contributed by atoms with Crippen molar-refractivity contribution in [1.29, 1.82) is 0 Å². The van der Waals surface area contributed by atoms with Crippen molar-refractivity contribution in [2.24, 2.45) is 23.7 Å². The van der Waals surface area contributed by atoms with Gasteiger partial charge in [-0.25, -0.2) is 0 Å². The Morgan fingerprint density at radius 3 is 1.71 bits per heavy atom. The standard InChI is InChI=1S/C13H20O/c14-13-11-7-8-12(13)10-6-4-2-1-3-5-9(10)11/h1-2,9-14H,3-8H2/b2-1-. The summed E-state index contributed by atoms with van der Waals surface area (Å²) in [7, 11) is 0. The molecule has 0 saturated heterocycles. The summed E-state index contributed by atoms with van der Waals surface area (Å²) in [6, 6.07) is 0. The summed E-state index contributed by atoms with van der Waals surface area (Å²) in [6.45, 7) is 0. The molecule has 78 valence electrons. The normalized spacial score (nSPS) is 53.6. The first-order chi connectivity index (χ1) is 6.88. The Labute approximate surface area is 86.2 Å². The fourth-order valence-corrected chi connectivity index (χ4v) is 4.28. The van der Waals surface area contributed by atoms with E-state index in [4.69, 9.17) is 0 Å². The highest BCUT2D eigenvalue weighted by Gasteiger charge is 2.52. The molecule has 0 aromatic heterocycles. The van der Waals surface area contributed by atoms with Crippen molar-refractivity contribution in [3.05, 3.63) is 12.2 Å². The fourth-order valence-electron chi connectivity index (χ4n) is 4.28. The highest BCUT2D eigenvalue weighted by molar-refractivity contribution is 5.04. The van der Waals surface area contributed by atoms with E-state index in [2.05, 4.69) is 12.2 Å². The van der Waals surface area contributed by atoms with E-state index in [1.807, 2.05) is 0 Å². The van der Waals surface area contributed by atoms with Crippen LogP contribution in [0.25, 0.3) is 0 Å². The minimum Gasteiger partial charge on any atom is -0.393 e. The molecule has 0 aromatic carbocycles. The number of aliphatic hydroxyl groups excluding tert-OH is 1. The number of hydrogen-bond donors (Lipinski definition) is 1. The van der Waals surface area contributed by atoms with Gasteiger partial charge in [0.2, 0.25) is 0 Å². The molecule has 1 heteroatoms. The minimum atomic E-state index is 0.0584. The zero-order valence-corrected chi connectivity index (χ0v) is 8.73. The summed E-state index contributed by atoms with van der Waals surface area (Å²) < 4.78 is 0. The third kappa shape index (κ3) is 1.18. The molecule has 2 bridgehead atoms. The average Bonchev–Trinajstić information content (AvgIpc) is 2.59. The fraction of sp³-hybridized carbons (Fsp3) is 0.846. The Morgan fingerprint density at radius 1 is 0.714 bits per heavy atom. The van der Waals surface area contributed by atoms with Gasteiger partial charge in [-0.15, -0.1) is 0 Å². The van der Waals surface area contributed by atoms with Gasteiger partial charge in [-0.3, -0.25) is 0 Å². The molecule has 0 spiro atoms. The number of rotatable bonds is 0. The van der Waals surface area contributed by atoms with Gasteiger partial charge in [-0.05, 0) is 62.2 Å². The van der Waals surface area contributed by atoms with Gasteiger partial charge >= 0.3 is 0 Å². The third-order valence-corrected chi connectivity index (χ3v) is 4.86. The van der Waals surface area contributed by atoms with Crippen LogP contribution in [-0.2, 0) is 0 Å². The molecule has 1 nitrogen and oxygen atoms in total. The van der Waals surface area contributed by atoms with Crippen LogP contribution in [-0.4, -0.2) is 11.2 Å². The molecule has 3 aliphatic rings. The Morgan fingerprint density at radius 2 is 1.21 bits per heavy atom. The number of allylic oxidation sites excluding steroid dienone is 2. The zero-order chi connectivity index (χ0) is 9.54. The largest absolute Gasteiger partial charge is 0.393 e. The van der Waals surface area contributed by atoms with Crippen LogP contribution >= 0.6 is 0 Å². The van der Waals surface area contributed by atoms with Gasteiger partial charge < -0.3 is 5.11 Å². The van der Waals surface area contributed by atoms with E-state index in [-0.39, 0.29) is 6.10 Å². The summed E-state index contributed by atoms with van der Waals surface area (Å²) >= 11 is 0. The van der Waals surface area contributed by atoms with Gasteiger partial charge in [0.25, 0.3) is 0 Å². The van der Waals surface area contributed by atoms with Gasteiger partial charge in [-0.1, -0.05) is 12.2 Å². The van der Waals surface area contributed by atoms with Crippen molar-refractivity contribution >= 4 is 0 Å². The third-order valence-electron chi connectivity index (χ3n) is 4.86. The van der Waals surface area contributed by atoms with Crippen LogP contribution in [0.4, 0.5) is 0 Å². The van der Waals surface area contributed by atoms with Gasteiger partial charge in [0, 0.05) is 0 Å². The maximum atomic E-state index is 10.1. The second-order valence-corrected chi connectivity index (χ2v) is 5.35.